The fourth-order valence-electron chi connectivity index (χ4n) is 4.64. The number of aromatic nitrogens is 1. The van der Waals surface area contributed by atoms with E-state index in [1.807, 2.05) is 30.3 Å². The standard InChI is InChI=1S/C22H25N3O3/c26-20(18-13-19(28-23-18)17-5-2-1-3-6-17)25-12-10-22(15-25)9-4-11-24(21(22)27)14-16-7-8-16/h1-3,5-6,13,16H,4,7-12,14-15H2/t22-/m1/s1. The Morgan fingerprint density at radius 2 is 2.00 bits per heavy atom. The van der Waals surface area contributed by atoms with Crippen molar-refractivity contribution in [2.75, 3.05) is 26.2 Å². The highest BCUT2D eigenvalue weighted by atomic mass is 16.5. The van der Waals surface area contributed by atoms with Gasteiger partial charge in [-0.1, -0.05) is 35.5 Å². The van der Waals surface area contributed by atoms with Gasteiger partial charge in [-0.15, -0.1) is 0 Å². The van der Waals surface area contributed by atoms with E-state index < -0.39 is 5.41 Å². The van der Waals surface area contributed by atoms with Crippen molar-refractivity contribution in [2.24, 2.45) is 11.3 Å². The van der Waals surface area contributed by atoms with E-state index in [1.165, 1.54) is 12.8 Å². The van der Waals surface area contributed by atoms with Crippen molar-refractivity contribution < 1.29 is 14.1 Å². The minimum Gasteiger partial charge on any atom is -0.355 e. The highest BCUT2D eigenvalue weighted by Crippen LogP contribution is 2.42. The molecule has 0 unspecified atom stereocenters. The van der Waals surface area contributed by atoms with Gasteiger partial charge in [-0.2, -0.15) is 0 Å². The fraction of sp³-hybridized carbons (Fsp3) is 0.500. The van der Waals surface area contributed by atoms with Crippen molar-refractivity contribution in [1.29, 1.82) is 0 Å². The number of benzene rings is 1. The molecule has 3 heterocycles. The molecule has 0 bridgehead atoms. The summed E-state index contributed by atoms with van der Waals surface area (Å²) >= 11 is 0. The Morgan fingerprint density at radius 1 is 1.18 bits per heavy atom. The van der Waals surface area contributed by atoms with Crippen LogP contribution in [0.25, 0.3) is 11.3 Å². The fourth-order valence-corrected chi connectivity index (χ4v) is 4.64. The van der Waals surface area contributed by atoms with Crippen LogP contribution in [0.3, 0.4) is 0 Å². The Hall–Kier alpha value is -2.63. The maximum absolute atomic E-state index is 13.2. The minimum atomic E-state index is -0.394. The third-order valence-corrected chi connectivity index (χ3v) is 6.43. The van der Waals surface area contributed by atoms with E-state index in [0.29, 0.717) is 30.5 Å². The van der Waals surface area contributed by atoms with Gasteiger partial charge >= 0.3 is 0 Å². The summed E-state index contributed by atoms with van der Waals surface area (Å²) in [6.07, 6.45) is 5.16. The molecule has 6 heteroatoms. The summed E-state index contributed by atoms with van der Waals surface area (Å²) in [5.41, 5.74) is 0.813. The number of rotatable bonds is 4. The van der Waals surface area contributed by atoms with Gasteiger partial charge in [0.1, 0.15) is 0 Å². The SMILES string of the molecule is O=C(c1cc(-c2ccccc2)on1)N1CC[C@]2(CCCN(CC3CC3)C2=O)C1. The Balaban J connectivity index is 1.29. The summed E-state index contributed by atoms with van der Waals surface area (Å²) in [7, 11) is 0. The van der Waals surface area contributed by atoms with Crippen LogP contribution in [0.15, 0.2) is 40.9 Å². The molecule has 5 rings (SSSR count). The van der Waals surface area contributed by atoms with Crippen molar-refractivity contribution in [2.45, 2.75) is 32.1 Å². The van der Waals surface area contributed by atoms with Crippen LogP contribution in [-0.2, 0) is 4.79 Å². The minimum absolute atomic E-state index is 0.144. The van der Waals surface area contributed by atoms with Crippen molar-refractivity contribution in [3.63, 3.8) is 0 Å². The number of amides is 2. The van der Waals surface area contributed by atoms with E-state index in [0.717, 1.165) is 37.9 Å². The normalized spacial score (nSPS) is 24.9. The first-order valence-corrected chi connectivity index (χ1v) is 10.3. The molecule has 1 aromatic carbocycles. The van der Waals surface area contributed by atoms with Crippen LogP contribution in [0.4, 0.5) is 0 Å². The Kier molecular flexibility index (Phi) is 4.22. The van der Waals surface area contributed by atoms with Crippen LogP contribution in [0.2, 0.25) is 0 Å². The number of likely N-dealkylation sites (tertiary alicyclic amines) is 2. The van der Waals surface area contributed by atoms with Crippen LogP contribution < -0.4 is 0 Å². The molecule has 2 aromatic rings. The van der Waals surface area contributed by atoms with Gasteiger partial charge in [0.25, 0.3) is 5.91 Å². The first-order valence-electron chi connectivity index (χ1n) is 10.3. The van der Waals surface area contributed by atoms with Crippen LogP contribution in [0.1, 0.15) is 42.6 Å². The van der Waals surface area contributed by atoms with Crippen molar-refractivity contribution >= 4 is 11.8 Å². The molecule has 0 N–H and O–H groups in total. The van der Waals surface area contributed by atoms with Crippen molar-refractivity contribution in [1.82, 2.24) is 15.0 Å². The Bertz CT molecular complexity index is 889. The van der Waals surface area contributed by atoms with Gasteiger partial charge < -0.3 is 14.3 Å². The number of carbonyl (C=O) groups excluding carboxylic acids is 2. The van der Waals surface area contributed by atoms with Gasteiger partial charge in [-0.05, 0) is 38.0 Å². The quantitative estimate of drug-likeness (QED) is 0.818. The van der Waals surface area contributed by atoms with Gasteiger partial charge in [-0.3, -0.25) is 9.59 Å². The third kappa shape index (κ3) is 3.11. The lowest BCUT2D eigenvalue weighted by atomic mass is 9.78. The summed E-state index contributed by atoms with van der Waals surface area (Å²) in [5.74, 6) is 1.40. The number of carbonyl (C=O) groups is 2. The average molecular weight is 379 g/mol. The largest absolute Gasteiger partial charge is 0.355 e. The molecule has 3 fully saturated rings. The summed E-state index contributed by atoms with van der Waals surface area (Å²) in [6.45, 7) is 2.88. The highest BCUT2D eigenvalue weighted by molar-refractivity contribution is 5.94. The van der Waals surface area contributed by atoms with E-state index in [9.17, 15) is 9.59 Å². The number of hydrogen-bond donors (Lipinski definition) is 0. The van der Waals surface area contributed by atoms with E-state index in [1.54, 1.807) is 11.0 Å². The first kappa shape index (κ1) is 17.5. The Labute approximate surface area is 164 Å². The highest BCUT2D eigenvalue weighted by Gasteiger charge is 2.50. The van der Waals surface area contributed by atoms with Crippen molar-refractivity contribution in [3.8, 4) is 11.3 Å². The molecule has 0 radical (unpaired) electrons. The van der Waals surface area contributed by atoms with Crippen LogP contribution in [0, 0.1) is 11.3 Å². The second-order valence-electron chi connectivity index (χ2n) is 8.50. The van der Waals surface area contributed by atoms with Gasteiger partial charge in [0.2, 0.25) is 5.91 Å². The summed E-state index contributed by atoms with van der Waals surface area (Å²) < 4.78 is 5.38. The zero-order valence-corrected chi connectivity index (χ0v) is 16.0. The molecule has 3 aliphatic rings. The van der Waals surface area contributed by atoms with Crippen LogP contribution >= 0.6 is 0 Å². The maximum Gasteiger partial charge on any atom is 0.276 e. The second-order valence-corrected chi connectivity index (χ2v) is 8.50. The molecular weight excluding hydrogens is 354 g/mol. The molecule has 6 nitrogen and oxygen atoms in total. The van der Waals surface area contributed by atoms with Gasteiger partial charge in [0.05, 0.1) is 5.41 Å². The molecular formula is C22H25N3O3. The molecule has 1 aromatic heterocycles. The number of piperidine rings is 1. The summed E-state index contributed by atoms with van der Waals surface area (Å²) in [6, 6.07) is 11.3. The predicted octanol–water partition coefficient (Wildman–Crippen LogP) is 3.21. The molecule has 2 amide bonds. The van der Waals surface area contributed by atoms with Gasteiger partial charge in [-0.25, -0.2) is 0 Å². The Morgan fingerprint density at radius 3 is 2.79 bits per heavy atom. The van der Waals surface area contributed by atoms with Crippen molar-refractivity contribution in [3.05, 3.63) is 42.1 Å². The zero-order chi connectivity index (χ0) is 19.1. The van der Waals surface area contributed by atoms with Gasteiger partial charge in [0.15, 0.2) is 11.5 Å². The predicted molar refractivity (Wildman–Crippen MR) is 103 cm³/mol. The molecule has 1 atom stereocenters. The molecule has 1 spiro atoms. The number of nitrogens with zero attached hydrogens (tertiary/aromatic N) is 3. The lowest BCUT2D eigenvalue weighted by Crippen LogP contribution is -2.51. The summed E-state index contributed by atoms with van der Waals surface area (Å²) in [5, 5.41) is 3.99. The van der Waals surface area contributed by atoms with E-state index in [4.69, 9.17) is 4.52 Å². The monoisotopic (exact) mass is 379 g/mol. The molecule has 28 heavy (non-hydrogen) atoms. The van der Waals surface area contributed by atoms with Crippen LogP contribution in [-0.4, -0.2) is 52.9 Å². The van der Waals surface area contributed by atoms with Crippen LogP contribution in [0.5, 0.6) is 0 Å². The lowest BCUT2D eigenvalue weighted by Gasteiger charge is -2.39. The van der Waals surface area contributed by atoms with E-state index in [2.05, 4.69) is 10.1 Å². The zero-order valence-electron chi connectivity index (χ0n) is 16.0. The smallest absolute Gasteiger partial charge is 0.276 e. The third-order valence-electron chi connectivity index (χ3n) is 6.43. The summed E-state index contributed by atoms with van der Waals surface area (Å²) in [4.78, 5) is 30.0. The molecule has 2 saturated heterocycles. The molecule has 2 aliphatic heterocycles. The van der Waals surface area contributed by atoms with E-state index >= 15 is 0 Å². The average Bonchev–Trinajstić information content (AvgIpc) is 3.24. The topological polar surface area (TPSA) is 66.7 Å². The van der Waals surface area contributed by atoms with Gasteiger partial charge in [0, 0.05) is 37.8 Å². The lowest BCUT2D eigenvalue weighted by molar-refractivity contribution is -0.145. The number of hydrogen-bond acceptors (Lipinski definition) is 4. The first-order chi connectivity index (χ1) is 13.6. The molecule has 146 valence electrons. The molecule has 1 saturated carbocycles. The maximum atomic E-state index is 13.2. The second kappa shape index (κ2) is 6.76. The molecule has 1 aliphatic carbocycles. The van der Waals surface area contributed by atoms with E-state index in [-0.39, 0.29) is 11.8 Å².